The third kappa shape index (κ3) is 4.36. The summed E-state index contributed by atoms with van der Waals surface area (Å²) in [6, 6.07) is 10.4. The molecular weight excluding hydrogens is 389 g/mol. The van der Waals surface area contributed by atoms with E-state index in [-0.39, 0.29) is 33.6 Å². The van der Waals surface area contributed by atoms with Crippen molar-refractivity contribution in [3.8, 4) is 5.75 Å². The molecule has 1 N–H and O–H groups in total. The number of hydrogen-bond donors (Lipinski definition) is 1. The first kappa shape index (κ1) is 19.4. The number of carboxylic acid groups (broad SMARTS) is 1. The lowest BCUT2D eigenvalue weighted by molar-refractivity contribution is -0.136. The van der Waals surface area contributed by atoms with Gasteiger partial charge in [0.2, 0.25) is 0 Å². The predicted octanol–water partition coefficient (Wildman–Crippen LogP) is 3.67. The van der Waals surface area contributed by atoms with Gasteiger partial charge in [-0.05, 0) is 30.3 Å². The van der Waals surface area contributed by atoms with Crippen molar-refractivity contribution in [2.24, 2.45) is 0 Å². The molecule has 6 nitrogen and oxygen atoms in total. The predicted molar refractivity (Wildman–Crippen MR) is 96.2 cm³/mol. The molecule has 0 saturated carbocycles. The highest BCUT2D eigenvalue weighted by Crippen LogP contribution is 2.34. The summed E-state index contributed by atoms with van der Waals surface area (Å²) in [6.07, 6.45) is -0.376. The maximum atomic E-state index is 13.1. The minimum Gasteiger partial charge on any atom is -0.495 e. The van der Waals surface area contributed by atoms with E-state index in [1.54, 1.807) is 18.2 Å². The molecule has 0 spiro atoms. The Hall–Kier alpha value is -1.96. The number of nitrogens with zero attached hydrogens (tertiary/aromatic N) is 1. The second-order valence-corrected chi connectivity index (χ2v) is 7.65. The van der Waals surface area contributed by atoms with Crippen LogP contribution in [0.5, 0.6) is 5.75 Å². The summed E-state index contributed by atoms with van der Waals surface area (Å²) in [4.78, 5) is 10.9. The molecule has 0 aliphatic rings. The zero-order valence-electron chi connectivity index (χ0n) is 13.1. The highest BCUT2D eigenvalue weighted by atomic mass is 35.5. The van der Waals surface area contributed by atoms with Crippen molar-refractivity contribution in [2.75, 3.05) is 18.0 Å². The van der Waals surface area contributed by atoms with Gasteiger partial charge >= 0.3 is 5.97 Å². The lowest BCUT2D eigenvalue weighted by Gasteiger charge is -2.25. The number of carboxylic acids is 1. The van der Waals surface area contributed by atoms with Gasteiger partial charge in [-0.1, -0.05) is 35.3 Å². The van der Waals surface area contributed by atoms with E-state index in [1.165, 1.54) is 31.4 Å². The van der Waals surface area contributed by atoms with Crippen LogP contribution in [0.25, 0.3) is 0 Å². The van der Waals surface area contributed by atoms with Crippen LogP contribution in [0.2, 0.25) is 10.0 Å². The molecule has 0 aromatic heterocycles. The van der Waals surface area contributed by atoms with Crippen molar-refractivity contribution >= 4 is 44.9 Å². The molecule has 0 bridgehead atoms. The molecular formula is C16H15Cl2NO5S. The Bertz CT molecular complexity index is 886. The van der Waals surface area contributed by atoms with Crippen molar-refractivity contribution in [1.29, 1.82) is 0 Å². The third-order valence-electron chi connectivity index (χ3n) is 3.36. The van der Waals surface area contributed by atoms with Crippen molar-refractivity contribution in [2.45, 2.75) is 11.3 Å². The van der Waals surface area contributed by atoms with E-state index in [1.807, 2.05) is 0 Å². The Morgan fingerprint density at radius 1 is 1.16 bits per heavy atom. The fourth-order valence-electron chi connectivity index (χ4n) is 2.17. The highest BCUT2D eigenvalue weighted by molar-refractivity contribution is 7.92. The lowest BCUT2D eigenvalue weighted by Crippen LogP contribution is -2.33. The molecule has 2 aromatic carbocycles. The molecule has 0 saturated heterocycles. The van der Waals surface area contributed by atoms with Gasteiger partial charge < -0.3 is 9.84 Å². The van der Waals surface area contributed by atoms with Gasteiger partial charge in [0.15, 0.2) is 0 Å². The van der Waals surface area contributed by atoms with E-state index in [2.05, 4.69) is 0 Å². The number of anilines is 1. The molecule has 0 aliphatic carbocycles. The maximum Gasteiger partial charge on any atom is 0.305 e. The topological polar surface area (TPSA) is 83.9 Å². The molecule has 0 heterocycles. The molecule has 0 radical (unpaired) electrons. The number of hydrogen-bond acceptors (Lipinski definition) is 4. The molecule has 2 rings (SSSR count). The largest absolute Gasteiger partial charge is 0.495 e. The summed E-state index contributed by atoms with van der Waals surface area (Å²) in [7, 11) is -2.67. The fourth-order valence-corrected chi connectivity index (χ4v) is 4.03. The van der Waals surface area contributed by atoms with Crippen molar-refractivity contribution < 1.29 is 23.1 Å². The summed E-state index contributed by atoms with van der Waals surface area (Å²) in [6.45, 7) is -0.266. The summed E-state index contributed by atoms with van der Waals surface area (Å²) in [5.74, 6) is -0.819. The molecule has 0 fully saturated rings. The zero-order chi connectivity index (χ0) is 18.6. The second kappa shape index (κ2) is 7.95. The summed E-state index contributed by atoms with van der Waals surface area (Å²) < 4.78 is 32.3. The Morgan fingerprint density at radius 2 is 1.84 bits per heavy atom. The number of halogens is 2. The first-order valence-electron chi connectivity index (χ1n) is 7.10. The number of rotatable bonds is 7. The van der Waals surface area contributed by atoms with Crippen LogP contribution >= 0.6 is 23.2 Å². The van der Waals surface area contributed by atoms with Crippen LogP contribution in [0, 0.1) is 0 Å². The number of benzene rings is 2. The Labute approximate surface area is 155 Å². The van der Waals surface area contributed by atoms with Gasteiger partial charge in [0.1, 0.15) is 5.75 Å². The monoisotopic (exact) mass is 403 g/mol. The summed E-state index contributed by atoms with van der Waals surface area (Å²) >= 11 is 11.8. The van der Waals surface area contributed by atoms with Crippen LogP contribution in [0.4, 0.5) is 5.69 Å². The van der Waals surface area contributed by atoms with E-state index in [4.69, 9.17) is 33.0 Å². The average molecular weight is 404 g/mol. The van der Waals surface area contributed by atoms with E-state index < -0.39 is 16.0 Å². The molecule has 2 aromatic rings. The Balaban J connectivity index is 2.57. The van der Waals surface area contributed by atoms with Crippen LogP contribution in [-0.2, 0) is 14.8 Å². The molecule has 0 unspecified atom stereocenters. The molecule has 0 amide bonds. The number of para-hydroxylation sites is 2. The minimum absolute atomic E-state index is 0.0842. The number of ether oxygens (including phenoxy) is 1. The fraction of sp³-hybridized carbons (Fsp3) is 0.188. The number of methoxy groups -OCH3 is 1. The number of carbonyl (C=O) groups is 1. The number of sulfonamides is 1. The standard InChI is InChI=1S/C16H15Cl2NO5S/c1-24-15-5-3-2-4-14(15)19(9-8-16(20)21)25(22,23)11-6-7-12(17)13(18)10-11/h2-7,10H,8-9H2,1H3,(H,20,21). The average Bonchev–Trinajstić information content (AvgIpc) is 2.57. The lowest BCUT2D eigenvalue weighted by atomic mass is 10.3. The second-order valence-electron chi connectivity index (χ2n) is 4.97. The van der Waals surface area contributed by atoms with Crippen LogP contribution in [0.15, 0.2) is 47.4 Å². The van der Waals surface area contributed by atoms with Crippen LogP contribution < -0.4 is 9.04 Å². The molecule has 134 valence electrons. The van der Waals surface area contributed by atoms with Crippen molar-refractivity contribution in [3.05, 3.63) is 52.5 Å². The minimum atomic E-state index is -4.07. The Morgan fingerprint density at radius 3 is 2.44 bits per heavy atom. The van der Waals surface area contributed by atoms with Gasteiger partial charge in [0, 0.05) is 6.54 Å². The first-order valence-corrected chi connectivity index (χ1v) is 9.29. The molecule has 25 heavy (non-hydrogen) atoms. The smallest absolute Gasteiger partial charge is 0.305 e. The van der Waals surface area contributed by atoms with Crippen molar-refractivity contribution in [3.63, 3.8) is 0 Å². The van der Waals surface area contributed by atoms with Crippen LogP contribution in [0.1, 0.15) is 6.42 Å². The highest BCUT2D eigenvalue weighted by Gasteiger charge is 2.28. The van der Waals surface area contributed by atoms with E-state index in [9.17, 15) is 13.2 Å². The maximum absolute atomic E-state index is 13.1. The molecule has 0 aliphatic heterocycles. The van der Waals surface area contributed by atoms with E-state index in [0.717, 1.165) is 4.31 Å². The molecule has 0 atom stereocenters. The first-order chi connectivity index (χ1) is 11.8. The zero-order valence-corrected chi connectivity index (χ0v) is 15.5. The van der Waals surface area contributed by atoms with Gasteiger partial charge in [0.05, 0.1) is 34.2 Å². The third-order valence-corrected chi connectivity index (χ3v) is 5.91. The van der Waals surface area contributed by atoms with Gasteiger partial charge in [0.25, 0.3) is 10.0 Å². The van der Waals surface area contributed by atoms with Gasteiger partial charge in [-0.15, -0.1) is 0 Å². The Kier molecular flexibility index (Phi) is 6.16. The van der Waals surface area contributed by atoms with Gasteiger partial charge in [-0.25, -0.2) is 8.42 Å². The van der Waals surface area contributed by atoms with Crippen LogP contribution in [-0.4, -0.2) is 33.1 Å². The van der Waals surface area contributed by atoms with Gasteiger partial charge in [-0.3, -0.25) is 9.10 Å². The van der Waals surface area contributed by atoms with Crippen LogP contribution in [0.3, 0.4) is 0 Å². The van der Waals surface area contributed by atoms with Crippen molar-refractivity contribution in [1.82, 2.24) is 0 Å². The quantitative estimate of drug-likeness (QED) is 0.761. The summed E-state index contributed by atoms with van der Waals surface area (Å²) in [5, 5.41) is 9.26. The SMILES string of the molecule is COc1ccccc1N(CCC(=O)O)S(=O)(=O)c1ccc(Cl)c(Cl)c1. The normalized spacial score (nSPS) is 11.2. The van der Waals surface area contributed by atoms with Gasteiger partial charge in [-0.2, -0.15) is 0 Å². The number of aliphatic carboxylic acids is 1. The molecule has 9 heteroatoms. The van der Waals surface area contributed by atoms with E-state index >= 15 is 0 Å². The summed E-state index contributed by atoms with van der Waals surface area (Å²) in [5.41, 5.74) is 0.234. The van der Waals surface area contributed by atoms with E-state index in [0.29, 0.717) is 5.75 Å².